The summed E-state index contributed by atoms with van der Waals surface area (Å²) in [6, 6.07) is 9.92. The Balaban J connectivity index is 1.48. The maximum atomic E-state index is 12.9. The second-order valence-electron chi connectivity index (χ2n) is 8.61. The highest BCUT2D eigenvalue weighted by molar-refractivity contribution is 7.80. The summed E-state index contributed by atoms with van der Waals surface area (Å²) in [6.45, 7) is 10.3. The van der Waals surface area contributed by atoms with Crippen LogP contribution in [0.25, 0.3) is 10.9 Å². The summed E-state index contributed by atoms with van der Waals surface area (Å²) in [5, 5.41) is 4.94. The molecule has 3 aromatic rings. The van der Waals surface area contributed by atoms with E-state index in [9.17, 15) is 4.79 Å². The molecule has 8 heteroatoms. The molecule has 0 radical (unpaired) electrons. The average Bonchev–Trinajstić information content (AvgIpc) is 3.33. The third-order valence-corrected chi connectivity index (χ3v) is 6.59. The van der Waals surface area contributed by atoms with Crippen LogP contribution in [0.2, 0.25) is 0 Å². The van der Waals surface area contributed by atoms with Crippen molar-refractivity contribution in [1.29, 1.82) is 0 Å². The molecule has 176 valence electrons. The molecule has 2 aromatic heterocycles. The SMILES string of the molecule is Cc1cc2cc(CN(CCCN3CCOCC3)C(=S)NCc3ccco3)c(=O)[nH]c2cc1C. The van der Waals surface area contributed by atoms with Crippen molar-refractivity contribution in [3.05, 3.63) is 69.4 Å². The van der Waals surface area contributed by atoms with E-state index >= 15 is 0 Å². The molecule has 0 spiro atoms. The summed E-state index contributed by atoms with van der Waals surface area (Å²) in [6.07, 6.45) is 2.60. The standard InChI is InChI=1S/C25H32N4O3S/c1-18-13-20-15-21(24(30)27-23(20)14-19(18)2)17-29(7-4-6-28-8-11-31-12-9-28)25(33)26-16-22-5-3-10-32-22/h3,5,10,13-15H,4,6-9,11-12,16-17H2,1-2H3,(H,26,33)(H,27,30). The Morgan fingerprint density at radius 1 is 1.21 bits per heavy atom. The van der Waals surface area contributed by atoms with E-state index < -0.39 is 0 Å². The van der Waals surface area contributed by atoms with Crippen molar-refractivity contribution in [2.45, 2.75) is 33.4 Å². The first-order chi connectivity index (χ1) is 16.0. The predicted molar refractivity (Wildman–Crippen MR) is 134 cm³/mol. The molecule has 0 unspecified atom stereocenters. The normalized spacial score (nSPS) is 14.5. The Morgan fingerprint density at radius 3 is 2.76 bits per heavy atom. The molecule has 0 saturated carbocycles. The molecule has 4 rings (SSSR count). The second-order valence-corrected chi connectivity index (χ2v) is 9.00. The molecule has 7 nitrogen and oxygen atoms in total. The number of aromatic nitrogens is 1. The molecule has 0 aliphatic carbocycles. The topological polar surface area (TPSA) is 73.7 Å². The van der Waals surface area contributed by atoms with Crippen molar-refractivity contribution in [2.75, 3.05) is 39.4 Å². The Hall–Kier alpha value is -2.68. The molecule has 2 N–H and O–H groups in total. The first-order valence-electron chi connectivity index (χ1n) is 11.5. The van der Waals surface area contributed by atoms with Crippen molar-refractivity contribution < 1.29 is 9.15 Å². The van der Waals surface area contributed by atoms with E-state index in [1.165, 1.54) is 11.1 Å². The fourth-order valence-corrected chi connectivity index (χ4v) is 4.32. The van der Waals surface area contributed by atoms with Crippen LogP contribution in [0.15, 0.2) is 45.8 Å². The number of morpholine rings is 1. The van der Waals surface area contributed by atoms with Crippen LogP contribution in [-0.4, -0.2) is 59.3 Å². The minimum Gasteiger partial charge on any atom is -0.467 e. The number of rotatable bonds is 8. The number of ether oxygens (including phenoxy) is 1. The van der Waals surface area contributed by atoms with Gasteiger partial charge in [-0.15, -0.1) is 0 Å². The van der Waals surface area contributed by atoms with E-state index in [4.69, 9.17) is 21.4 Å². The molecule has 1 saturated heterocycles. The molecule has 1 aromatic carbocycles. The average molecular weight is 469 g/mol. The number of fused-ring (bicyclic) bond motifs is 1. The van der Waals surface area contributed by atoms with Gasteiger partial charge in [0.25, 0.3) is 5.56 Å². The molecule has 1 aliphatic rings. The van der Waals surface area contributed by atoms with Gasteiger partial charge in [0.2, 0.25) is 0 Å². The summed E-state index contributed by atoms with van der Waals surface area (Å²) in [7, 11) is 0. The van der Waals surface area contributed by atoms with Gasteiger partial charge in [-0.2, -0.15) is 0 Å². The van der Waals surface area contributed by atoms with Gasteiger partial charge in [-0.25, -0.2) is 0 Å². The molecule has 33 heavy (non-hydrogen) atoms. The fraction of sp³-hybridized carbons (Fsp3) is 0.440. The van der Waals surface area contributed by atoms with E-state index in [0.29, 0.717) is 23.8 Å². The van der Waals surface area contributed by atoms with Gasteiger partial charge in [0.1, 0.15) is 5.76 Å². The van der Waals surface area contributed by atoms with Gasteiger partial charge in [-0.1, -0.05) is 0 Å². The summed E-state index contributed by atoms with van der Waals surface area (Å²) in [4.78, 5) is 20.4. The zero-order chi connectivity index (χ0) is 23.2. The largest absolute Gasteiger partial charge is 0.467 e. The van der Waals surface area contributed by atoms with E-state index in [-0.39, 0.29) is 5.56 Å². The van der Waals surface area contributed by atoms with Crippen molar-refractivity contribution in [1.82, 2.24) is 20.1 Å². The minimum absolute atomic E-state index is 0.0715. The highest BCUT2D eigenvalue weighted by atomic mass is 32.1. The second kappa shape index (κ2) is 11.0. The highest BCUT2D eigenvalue weighted by Crippen LogP contribution is 2.18. The number of aromatic amines is 1. The number of aryl methyl sites for hydroxylation is 2. The van der Waals surface area contributed by atoms with Crippen molar-refractivity contribution in [3.63, 3.8) is 0 Å². The van der Waals surface area contributed by atoms with Gasteiger partial charge in [-0.05, 0) is 79.3 Å². The van der Waals surface area contributed by atoms with Crippen LogP contribution in [0.5, 0.6) is 0 Å². The first-order valence-corrected chi connectivity index (χ1v) is 11.9. The molecule has 0 amide bonds. The number of furan rings is 1. The van der Waals surface area contributed by atoms with Crippen LogP contribution in [-0.2, 0) is 17.8 Å². The van der Waals surface area contributed by atoms with Crippen molar-refractivity contribution in [3.8, 4) is 0 Å². The number of hydrogen-bond donors (Lipinski definition) is 2. The van der Waals surface area contributed by atoms with Gasteiger partial charge in [-0.3, -0.25) is 9.69 Å². The highest BCUT2D eigenvalue weighted by Gasteiger charge is 2.16. The lowest BCUT2D eigenvalue weighted by atomic mass is 10.0. The lowest BCUT2D eigenvalue weighted by molar-refractivity contribution is 0.0367. The van der Waals surface area contributed by atoms with Crippen LogP contribution in [0.4, 0.5) is 0 Å². The van der Waals surface area contributed by atoms with E-state index in [0.717, 1.165) is 62.5 Å². The van der Waals surface area contributed by atoms with Crippen LogP contribution in [0.1, 0.15) is 28.9 Å². The van der Waals surface area contributed by atoms with E-state index in [1.54, 1.807) is 6.26 Å². The third-order valence-electron chi connectivity index (χ3n) is 6.18. The number of thiocarbonyl (C=S) groups is 1. The van der Waals surface area contributed by atoms with E-state index in [2.05, 4.69) is 40.0 Å². The van der Waals surface area contributed by atoms with Crippen LogP contribution in [0, 0.1) is 13.8 Å². The minimum atomic E-state index is -0.0715. The Labute approximate surface area is 199 Å². The number of nitrogens with one attached hydrogen (secondary N) is 2. The zero-order valence-corrected chi connectivity index (χ0v) is 20.2. The predicted octanol–water partition coefficient (Wildman–Crippen LogP) is 3.34. The quantitative estimate of drug-likeness (QED) is 0.491. The molecule has 3 heterocycles. The molecular formula is C25H32N4O3S. The van der Waals surface area contributed by atoms with Crippen LogP contribution < -0.4 is 10.9 Å². The molecule has 1 fully saturated rings. The van der Waals surface area contributed by atoms with Gasteiger partial charge in [0, 0.05) is 37.3 Å². The van der Waals surface area contributed by atoms with Gasteiger partial charge >= 0.3 is 0 Å². The molecular weight excluding hydrogens is 436 g/mol. The van der Waals surface area contributed by atoms with Crippen molar-refractivity contribution in [2.24, 2.45) is 0 Å². The Bertz CT molecular complexity index is 1140. The first kappa shape index (κ1) is 23.5. The lowest BCUT2D eigenvalue weighted by Crippen LogP contribution is -2.42. The number of benzene rings is 1. The zero-order valence-electron chi connectivity index (χ0n) is 19.4. The van der Waals surface area contributed by atoms with Gasteiger partial charge < -0.3 is 24.4 Å². The fourth-order valence-electron chi connectivity index (χ4n) is 4.10. The van der Waals surface area contributed by atoms with Gasteiger partial charge in [0.15, 0.2) is 5.11 Å². The van der Waals surface area contributed by atoms with Gasteiger partial charge in [0.05, 0.1) is 32.6 Å². The number of hydrogen-bond acceptors (Lipinski definition) is 5. The Kier molecular flexibility index (Phi) is 7.80. The summed E-state index contributed by atoms with van der Waals surface area (Å²) >= 11 is 5.72. The summed E-state index contributed by atoms with van der Waals surface area (Å²) in [5.41, 5.74) is 3.87. The van der Waals surface area contributed by atoms with Crippen LogP contribution >= 0.6 is 12.2 Å². The molecule has 1 aliphatic heterocycles. The maximum Gasteiger partial charge on any atom is 0.253 e. The Morgan fingerprint density at radius 2 is 2.00 bits per heavy atom. The molecule has 0 bridgehead atoms. The number of pyridine rings is 1. The van der Waals surface area contributed by atoms with Crippen molar-refractivity contribution >= 4 is 28.2 Å². The number of nitrogens with zero attached hydrogens (tertiary/aromatic N) is 2. The lowest BCUT2D eigenvalue weighted by Gasteiger charge is -2.29. The monoisotopic (exact) mass is 468 g/mol. The molecule has 0 atom stereocenters. The summed E-state index contributed by atoms with van der Waals surface area (Å²) in [5.74, 6) is 0.819. The van der Waals surface area contributed by atoms with E-state index in [1.807, 2.05) is 24.3 Å². The third kappa shape index (κ3) is 6.22. The number of H-pyrrole nitrogens is 1. The summed E-state index contributed by atoms with van der Waals surface area (Å²) < 4.78 is 10.9. The smallest absolute Gasteiger partial charge is 0.253 e. The maximum absolute atomic E-state index is 12.9. The van der Waals surface area contributed by atoms with Crippen LogP contribution in [0.3, 0.4) is 0 Å².